The van der Waals surface area contributed by atoms with E-state index in [1.807, 2.05) is 0 Å². The second kappa shape index (κ2) is 4.13. The fraction of sp³-hybridized carbons (Fsp3) is 0.0909. The summed E-state index contributed by atoms with van der Waals surface area (Å²) in [5.41, 5.74) is 0.479. The van der Waals surface area contributed by atoms with Crippen LogP contribution in [0.5, 0.6) is 0 Å². The molecule has 2 rings (SSSR count). The second-order valence-electron chi connectivity index (χ2n) is 3.03. The molecular formula is C11H7ClO2S. The van der Waals surface area contributed by atoms with Gasteiger partial charge in [-0.3, -0.25) is 9.59 Å². The smallest absolute Gasteiger partial charge is 0.196 e. The van der Waals surface area contributed by atoms with Gasteiger partial charge in [0, 0.05) is 16.3 Å². The molecule has 0 aliphatic rings. The number of alkyl halides is 1. The van der Waals surface area contributed by atoms with E-state index in [9.17, 15) is 9.59 Å². The van der Waals surface area contributed by atoms with E-state index in [1.54, 1.807) is 23.6 Å². The third-order valence-corrected chi connectivity index (χ3v) is 3.35. The van der Waals surface area contributed by atoms with E-state index in [0.29, 0.717) is 15.6 Å². The molecule has 2 nitrogen and oxygen atoms in total. The molecule has 0 radical (unpaired) electrons. The van der Waals surface area contributed by atoms with Crippen LogP contribution < -0.4 is 5.43 Å². The number of Topliss-reactive ketones (excluding diaryl/α,β-unsaturated/α-hetero) is 1. The third kappa shape index (κ3) is 1.80. The Hall–Kier alpha value is -1.19. The number of halogens is 1. The van der Waals surface area contributed by atoms with Crippen LogP contribution in [0.1, 0.15) is 10.4 Å². The normalized spacial score (nSPS) is 10.5. The molecule has 1 aromatic heterocycles. The van der Waals surface area contributed by atoms with Gasteiger partial charge in [0.25, 0.3) is 0 Å². The summed E-state index contributed by atoms with van der Waals surface area (Å²) in [5.74, 6) is -0.202. The van der Waals surface area contributed by atoms with Crippen LogP contribution in [0.2, 0.25) is 0 Å². The van der Waals surface area contributed by atoms with Crippen molar-refractivity contribution in [2.45, 2.75) is 0 Å². The van der Waals surface area contributed by atoms with Crippen molar-refractivity contribution in [3.05, 3.63) is 45.4 Å². The van der Waals surface area contributed by atoms with E-state index in [4.69, 9.17) is 11.6 Å². The van der Waals surface area contributed by atoms with Crippen molar-refractivity contribution in [1.29, 1.82) is 0 Å². The largest absolute Gasteiger partial charge is 0.293 e. The first kappa shape index (κ1) is 10.3. The van der Waals surface area contributed by atoms with Gasteiger partial charge in [-0.05, 0) is 6.07 Å². The van der Waals surface area contributed by atoms with Crippen molar-refractivity contribution in [3.8, 4) is 0 Å². The first-order chi connectivity index (χ1) is 7.24. The summed E-state index contributed by atoms with van der Waals surface area (Å²) in [7, 11) is 0. The molecule has 0 spiro atoms. The number of rotatable bonds is 2. The molecule has 0 fully saturated rings. The quantitative estimate of drug-likeness (QED) is 0.596. The van der Waals surface area contributed by atoms with E-state index in [2.05, 4.69) is 0 Å². The van der Waals surface area contributed by atoms with Crippen molar-refractivity contribution < 1.29 is 4.79 Å². The maximum atomic E-state index is 11.6. The number of carbonyl (C=O) groups excluding carboxylic acids is 1. The fourth-order valence-electron chi connectivity index (χ4n) is 1.38. The van der Waals surface area contributed by atoms with Crippen molar-refractivity contribution in [1.82, 2.24) is 0 Å². The summed E-state index contributed by atoms with van der Waals surface area (Å²) in [5, 5.41) is 2.39. The molecule has 76 valence electrons. The van der Waals surface area contributed by atoms with E-state index in [-0.39, 0.29) is 17.1 Å². The van der Waals surface area contributed by atoms with Gasteiger partial charge in [-0.1, -0.05) is 18.2 Å². The molecule has 0 amide bonds. The van der Waals surface area contributed by atoms with Gasteiger partial charge >= 0.3 is 0 Å². The molecule has 1 aromatic carbocycles. The van der Waals surface area contributed by atoms with Gasteiger partial charge in [0.2, 0.25) is 0 Å². The van der Waals surface area contributed by atoms with Gasteiger partial charge in [0.15, 0.2) is 11.2 Å². The minimum absolute atomic E-state index is 0.0569. The molecule has 15 heavy (non-hydrogen) atoms. The molecule has 0 aliphatic heterocycles. The van der Waals surface area contributed by atoms with E-state index in [1.165, 1.54) is 17.4 Å². The Morgan fingerprint density at radius 2 is 2.07 bits per heavy atom. The summed E-state index contributed by atoms with van der Waals surface area (Å²) in [6, 6.07) is 6.69. The van der Waals surface area contributed by atoms with Gasteiger partial charge in [-0.15, -0.1) is 22.9 Å². The summed E-state index contributed by atoms with van der Waals surface area (Å²) < 4.78 is 0.605. The topological polar surface area (TPSA) is 34.1 Å². The van der Waals surface area contributed by atoms with Gasteiger partial charge < -0.3 is 0 Å². The van der Waals surface area contributed by atoms with Crippen molar-refractivity contribution >= 4 is 38.8 Å². The highest BCUT2D eigenvalue weighted by Crippen LogP contribution is 2.22. The number of ketones is 1. The van der Waals surface area contributed by atoms with Crippen molar-refractivity contribution in [3.63, 3.8) is 0 Å². The maximum absolute atomic E-state index is 11.6. The molecule has 0 saturated heterocycles. The van der Waals surface area contributed by atoms with Crippen LogP contribution in [0.4, 0.5) is 0 Å². The SMILES string of the molecule is O=C(CCl)c1csc2c(=O)ccccc12. The standard InChI is InChI=1S/C11H7ClO2S/c12-5-10(14)8-6-15-11-7(8)3-1-2-4-9(11)13/h1-4,6H,5H2. The average Bonchev–Trinajstić information content (AvgIpc) is 2.58. The van der Waals surface area contributed by atoms with Crippen LogP contribution in [-0.4, -0.2) is 11.7 Å². The number of carbonyl (C=O) groups is 1. The maximum Gasteiger partial charge on any atom is 0.196 e. The lowest BCUT2D eigenvalue weighted by atomic mass is 10.1. The lowest BCUT2D eigenvalue weighted by molar-refractivity contribution is 0.102. The summed E-state index contributed by atoms with van der Waals surface area (Å²) >= 11 is 6.78. The molecule has 0 atom stereocenters. The average molecular weight is 239 g/mol. The Balaban J connectivity index is 2.82. The predicted octanol–water partition coefficient (Wildman–Crippen LogP) is 2.68. The lowest BCUT2D eigenvalue weighted by Gasteiger charge is -1.90. The van der Waals surface area contributed by atoms with Gasteiger partial charge in [-0.2, -0.15) is 0 Å². The highest BCUT2D eigenvalue weighted by molar-refractivity contribution is 7.17. The number of hydrogen-bond acceptors (Lipinski definition) is 3. The highest BCUT2D eigenvalue weighted by atomic mass is 35.5. The molecule has 2 aromatic rings. The zero-order valence-corrected chi connectivity index (χ0v) is 9.27. The molecule has 0 N–H and O–H groups in total. The first-order valence-electron chi connectivity index (χ1n) is 4.33. The third-order valence-electron chi connectivity index (χ3n) is 2.10. The number of hydrogen-bond donors (Lipinski definition) is 0. The van der Waals surface area contributed by atoms with Crippen LogP contribution in [0, 0.1) is 0 Å². The minimum Gasteiger partial charge on any atom is -0.293 e. The van der Waals surface area contributed by atoms with Gasteiger partial charge in [-0.25, -0.2) is 0 Å². The molecule has 4 heteroatoms. The monoisotopic (exact) mass is 238 g/mol. The van der Waals surface area contributed by atoms with Crippen LogP contribution in [0.25, 0.3) is 10.1 Å². The van der Waals surface area contributed by atoms with Crippen molar-refractivity contribution in [2.75, 3.05) is 5.88 Å². The van der Waals surface area contributed by atoms with Gasteiger partial charge in [0.05, 0.1) is 10.6 Å². The Bertz CT molecular complexity index is 574. The molecule has 0 bridgehead atoms. The van der Waals surface area contributed by atoms with Crippen LogP contribution in [0.3, 0.4) is 0 Å². The molecule has 0 unspecified atom stereocenters. The first-order valence-corrected chi connectivity index (χ1v) is 5.75. The lowest BCUT2D eigenvalue weighted by Crippen LogP contribution is -1.98. The fourth-order valence-corrected chi connectivity index (χ4v) is 2.51. The Morgan fingerprint density at radius 3 is 2.80 bits per heavy atom. The Kier molecular flexibility index (Phi) is 2.84. The molecule has 0 aliphatic carbocycles. The zero-order valence-electron chi connectivity index (χ0n) is 7.70. The van der Waals surface area contributed by atoms with E-state index in [0.717, 1.165) is 0 Å². The van der Waals surface area contributed by atoms with Crippen molar-refractivity contribution in [2.24, 2.45) is 0 Å². The number of thiophene rings is 1. The highest BCUT2D eigenvalue weighted by Gasteiger charge is 2.11. The summed E-state index contributed by atoms with van der Waals surface area (Å²) in [4.78, 5) is 23.0. The van der Waals surface area contributed by atoms with Crippen LogP contribution in [-0.2, 0) is 0 Å². The second-order valence-corrected chi connectivity index (χ2v) is 4.18. The van der Waals surface area contributed by atoms with E-state index >= 15 is 0 Å². The minimum atomic E-state index is -0.145. The zero-order chi connectivity index (χ0) is 10.8. The summed E-state index contributed by atoms with van der Waals surface area (Å²) in [6.07, 6.45) is 0. The predicted molar refractivity (Wildman–Crippen MR) is 63.1 cm³/mol. The van der Waals surface area contributed by atoms with Crippen LogP contribution in [0.15, 0.2) is 34.4 Å². The molecule has 1 heterocycles. The molecular weight excluding hydrogens is 232 g/mol. The summed E-state index contributed by atoms with van der Waals surface area (Å²) in [6.45, 7) is 0. The van der Waals surface area contributed by atoms with Gasteiger partial charge in [0.1, 0.15) is 0 Å². The van der Waals surface area contributed by atoms with Crippen LogP contribution >= 0.6 is 22.9 Å². The number of fused-ring (bicyclic) bond motifs is 1. The Labute approximate surface area is 95.1 Å². The Morgan fingerprint density at radius 1 is 1.33 bits per heavy atom. The van der Waals surface area contributed by atoms with E-state index < -0.39 is 0 Å². The molecule has 0 saturated carbocycles.